The second kappa shape index (κ2) is 7.77. The van der Waals surface area contributed by atoms with Gasteiger partial charge in [0.25, 0.3) is 0 Å². The van der Waals surface area contributed by atoms with Crippen LogP contribution >= 0.6 is 11.3 Å². The molecule has 0 aliphatic carbocycles. The van der Waals surface area contributed by atoms with E-state index in [9.17, 15) is 4.79 Å². The first-order valence-electron chi connectivity index (χ1n) is 6.69. The van der Waals surface area contributed by atoms with E-state index in [0.29, 0.717) is 19.8 Å². The second-order valence-electron chi connectivity index (χ2n) is 4.19. The SMILES string of the molecule is CCOCCCNC(=O)/C=C/c1nc2ccccc2s1. The third kappa shape index (κ3) is 4.43. The molecule has 0 atom stereocenters. The molecule has 2 rings (SSSR count). The van der Waals surface area contributed by atoms with Crippen molar-refractivity contribution in [3.05, 3.63) is 35.3 Å². The number of rotatable bonds is 7. The van der Waals surface area contributed by atoms with Crippen LogP contribution in [-0.2, 0) is 9.53 Å². The number of ether oxygens (including phenoxy) is 1. The van der Waals surface area contributed by atoms with Gasteiger partial charge in [0.1, 0.15) is 5.01 Å². The van der Waals surface area contributed by atoms with Crippen LogP contribution in [0.25, 0.3) is 16.3 Å². The Kier molecular flexibility index (Phi) is 5.70. The molecule has 2 aromatic rings. The van der Waals surface area contributed by atoms with E-state index in [4.69, 9.17) is 4.74 Å². The maximum absolute atomic E-state index is 11.6. The normalized spacial score (nSPS) is 11.2. The van der Waals surface area contributed by atoms with E-state index >= 15 is 0 Å². The van der Waals surface area contributed by atoms with Crippen LogP contribution in [0.5, 0.6) is 0 Å². The lowest BCUT2D eigenvalue weighted by atomic mass is 10.3. The van der Waals surface area contributed by atoms with Crippen molar-refractivity contribution in [2.24, 2.45) is 0 Å². The van der Waals surface area contributed by atoms with E-state index in [-0.39, 0.29) is 5.91 Å². The van der Waals surface area contributed by atoms with E-state index in [2.05, 4.69) is 10.3 Å². The molecule has 5 heteroatoms. The number of aromatic nitrogens is 1. The Labute approximate surface area is 122 Å². The van der Waals surface area contributed by atoms with E-state index in [1.165, 1.54) is 6.08 Å². The Balaban J connectivity index is 1.81. The summed E-state index contributed by atoms with van der Waals surface area (Å²) in [6.45, 7) is 3.98. The van der Waals surface area contributed by atoms with Crippen LogP contribution in [0, 0.1) is 0 Å². The molecule has 0 radical (unpaired) electrons. The summed E-state index contributed by atoms with van der Waals surface area (Å²) in [5.41, 5.74) is 0.967. The summed E-state index contributed by atoms with van der Waals surface area (Å²) in [7, 11) is 0. The second-order valence-corrected chi connectivity index (χ2v) is 5.26. The lowest BCUT2D eigenvalue weighted by molar-refractivity contribution is -0.116. The molecule has 1 aromatic heterocycles. The summed E-state index contributed by atoms with van der Waals surface area (Å²) < 4.78 is 6.33. The summed E-state index contributed by atoms with van der Waals surface area (Å²) in [5.74, 6) is -0.0965. The van der Waals surface area contributed by atoms with Crippen molar-refractivity contribution in [2.75, 3.05) is 19.8 Å². The number of nitrogens with zero attached hydrogens (tertiary/aromatic N) is 1. The summed E-state index contributed by atoms with van der Waals surface area (Å²) in [6, 6.07) is 7.94. The summed E-state index contributed by atoms with van der Waals surface area (Å²) >= 11 is 1.58. The van der Waals surface area contributed by atoms with E-state index in [1.807, 2.05) is 31.2 Å². The van der Waals surface area contributed by atoms with E-state index in [0.717, 1.165) is 21.6 Å². The number of thiazole rings is 1. The summed E-state index contributed by atoms with van der Waals surface area (Å²) in [6.07, 6.45) is 4.11. The average Bonchev–Trinajstić information content (AvgIpc) is 2.88. The molecule has 0 unspecified atom stereocenters. The predicted molar refractivity (Wildman–Crippen MR) is 82.8 cm³/mol. The largest absolute Gasteiger partial charge is 0.382 e. The van der Waals surface area contributed by atoms with Gasteiger partial charge < -0.3 is 10.1 Å². The number of para-hydroxylation sites is 1. The molecule has 106 valence electrons. The van der Waals surface area contributed by atoms with Crippen molar-refractivity contribution in [3.63, 3.8) is 0 Å². The molecule has 0 spiro atoms. The molecule has 1 aromatic carbocycles. The van der Waals surface area contributed by atoms with Crippen molar-refractivity contribution >= 4 is 33.5 Å². The van der Waals surface area contributed by atoms with E-state index < -0.39 is 0 Å². The Morgan fingerprint density at radius 3 is 3.10 bits per heavy atom. The van der Waals surface area contributed by atoms with Crippen molar-refractivity contribution in [1.29, 1.82) is 0 Å². The van der Waals surface area contributed by atoms with E-state index in [1.54, 1.807) is 17.4 Å². The first-order chi connectivity index (χ1) is 9.79. The minimum atomic E-state index is -0.0965. The van der Waals surface area contributed by atoms with Crippen LogP contribution in [0.3, 0.4) is 0 Å². The highest BCUT2D eigenvalue weighted by molar-refractivity contribution is 7.19. The number of benzene rings is 1. The highest BCUT2D eigenvalue weighted by atomic mass is 32.1. The van der Waals surface area contributed by atoms with Gasteiger partial charge in [0.2, 0.25) is 5.91 Å². The number of amides is 1. The number of fused-ring (bicyclic) bond motifs is 1. The van der Waals surface area contributed by atoms with Crippen molar-refractivity contribution in [3.8, 4) is 0 Å². The summed E-state index contributed by atoms with van der Waals surface area (Å²) in [5, 5.41) is 3.66. The Morgan fingerprint density at radius 1 is 1.45 bits per heavy atom. The van der Waals surface area contributed by atoms with Crippen LogP contribution in [0.4, 0.5) is 0 Å². The Morgan fingerprint density at radius 2 is 2.30 bits per heavy atom. The molecule has 1 N–H and O–H groups in total. The minimum Gasteiger partial charge on any atom is -0.382 e. The molecule has 4 nitrogen and oxygen atoms in total. The number of carbonyl (C=O) groups excluding carboxylic acids is 1. The van der Waals surface area contributed by atoms with Crippen LogP contribution < -0.4 is 5.32 Å². The fourth-order valence-electron chi connectivity index (χ4n) is 1.70. The highest BCUT2D eigenvalue weighted by Crippen LogP contribution is 2.22. The number of hydrogen-bond acceptors (Lipinski definition) is 4. The summed E-state index contributed by atoms with van der Waals surface area (Å²) in [4.78, 5) is 16.0. The minimum absolute atomic E-state index is 0.0965. The average molecular weight is 290 g/mol. The Bertz CT molecular complexity index is 559. The maximum atomic E-state index is 11.6. The lowest BCUT2D eigenvalue weighted by Crippen LogP contribution is -2.23. The molecule has 0 aliphatic rings. The molecule has 1 heterocycles. The van der Waals surface area contributed by atoms with Gasteiger partial charge in [-0.2, -0.15) is 0 Å². The van der Waals surface area contributed by atoms with Crippen molar-refractivity contribution < 1.29 is 9.53 Å². The van der Waals surface area contributed by atoms with Crippen LogP contribution in [0.2, 0.25) is 0 Å². The molecule has 0 fully saturated rings. The predicted octanol–water partition coefficient (Wildman–Crippen LogP) is 2.85. The molecular weight excluding hydrogens is 272 g/mol. The zero-order valence-electron chi connectivity index (χ0n) is 11.5. The van der Waals surface area contributed by atoms with Gasteiger partial charge in [-0.3, -0.25) is 4.79 Å². The quantitative estimate of drug-likeness (QED) is 0.630. The van der Waals surface area contributed by atoms with Gasteiger partial charge >= 0.3 is 0 Å². The van der Waals surface area contributed by atoms with Crippen LogP contribution in [0.15, 0.2) is 30.3 Å². The number of hydrogen-bond donors (Lipinski definition) is 1. The zero-order chi connectivity index (χ0) is 14.2. The highest BCUT2D eigenvalue weighted by Gasteiger charge is 2.00. The molecular formula is C15H18N2O2S. The third-order valence-corrected chi connectivity index (χ3v) is 3.66. The first-order valence-corrected chi connectivity index (χ1v) is 7.50. The molecule has 1 amide bonds. The number of nitrogens with one attached hydrogen (secondary N) is 1. The maximum Gasteiger partial charge on any atom is 0.244 e. The van der Waals surface area contributed by atoms with Crippen molar-refractivity contribution in [2.45, 2.75) is 13.3 Å². The topological polar surface area (TPSA) is 51.2 Å². The fourth-order valence-corrected chi connectivity index (χ4v) is 2.57. The lowest BCUT2D eigenvalue weighted by Gasteiger charge is -2.01. The van der Waals surface area contributed by atoms with Gasteiger partial charge in [0.15, 0.2) is 0 Å². The van der Waals surface area contributed by atoms with Gasteiger partial charge in [0, 0.05) is 25.8 Å². The fraction of sp³-hybridized carbons (Fsp3) is 0.333. The van der Waals surface area contributed by atoms with Gasteiger partial charge in [-0.1, -0.05) is 12.1 Å². The third-order valence-electron chi connectivity index (χ3n) is 2.66. The van der Waals surface area contributed by atoms with Crippen LogP contribution in [-0.4, -0.2) is 30.6 Å². The smallest absolute Gasteiger partial charge is 0.244 e. The number of carbonyl (C=O) groups is 1. The standard InChI is InChI=1S/C15H18N2O2S/c1-2-19-11-5-10-16-14(18)8-9-15-17-12-6-3-4-7-13(12)20-15/h3-4,6-9H,2,5,10-11H2,1H3,(H,16,18)/b9-8+. The molecule has 20 heavy (non-hydrogen) atoms. The molecule has 0 saturated carbocycles. The monoisotopic (exact) mass is 290 g/mol. The Hall–Kier alpha value is -1.72. The molecule has 0 saturated heterocycles. The zero-order valence-corrected chi connectivity index (χ0v) is 12.3. The first kappa shape index (κ1) is 14.7. The van der Waals surface area contributed by atoms with Crippen LogP contribution in [0.1, 0.15) is 18.4 Å². The van der Waals surface area contributed by atoms with Gasteiger partial charge in [-0.05, 0) is 31.6 Å². The molecule has 0 aliphatic heterocycles. The van der Waals surface area contributed by atoms with Gasteiger partial charge in [-0.15, -0.1) is 11.3 Å². The van der Waals surface area contributed by atoms with Gasteiger partial charge in [0.05, 0.1) is 10.2 Å². The van der Waals surface area contributed by atoms with Gasteiger partial charge in [-0.25, -0.2) is 4.98 Å². The molecule has 0 bridgehead atoms. The van der Waals surface area contributed by atoms with Crippen molar-refractivity contribution in [1.82, 2.24) is 10.3 Å².